The number of benzene rings is 3. The molecule has 8 heteroatoms. The Hall–Kier alpha value is -4.56. The van der Waals surface area contributed by atoms with Crippen molar-refractivity contribution >= 4 is 40.9 Å². The molecule has 0 saturated carbocycles. The second-order valence-corrected chi connectivity index (χ2v) is 9.00. The first-order chi connectivity index (χ1) is 17.6. The van der Waals surface area contributed by atoms with Crippen LogP contribution in [0.4, 0.5) is 11.4 Å². The van der Waals surface area contributed by atoms with Crippen LogP contribution in [0.1, 0.15) is 16.1 Å². The van der Waals surface area contributed by atoms with Gasteiger partial charge in [-0.25, -0.2) is 0 Å². The van der Waals surface area contributed by atoms with E-state index in [1.807, 2.05) is 36.4 Å². The maximum Gasteiger partial charge on any atom is 0.278 e. The molecule has 1 aromatic heterocycles. The highest BCUT2D eigenvalue weighted by molar-refractivity contribution is 8.04. The lowest BCUT2D eigenvalue weighted by Crippen LogP contribution is -2.31. The molecule has 0 bridgehead atoms. The maximum absolute atomic E-state index is 13.3. The van der Waals surface area contributed by atoms with Gasteiger partial charge < -0.3 is 15.1 Å². The number of hydrogen-bond acceptors (Lipinski definition) is 6. The minimum atomic E-state index is -0.422. The van der Waals surface area contributed by atoms with Crippen LogP contribution in [0.25, 0.3) is 0 Å². The van der Waals surface area contributed by atoms with Gasteiger partial charge >= 0.3 is 0 Å². The van der Waals surface area contributed by atoms with Crippen LogP contribution in [-0.4, -0.2) is 22.6 Å². The van der Waals surface area contributed by atoms with E-state index in [1.165, 1.54) is 22.9 Å². The molecule has 3 aromatic carbocycles. The van der Waals surface area contributed by atoms with E-state index in [0.29, 0.717) is 22.7 Å². The molecule has 0 saturated heterocycles. The van der Waals surface area contributed by atoms with Crippen molar-refractivity contribution in [2.24, 2.45) is 0 Å². The van der Waals surface area contributed by atoms with E-state index < -0.39 is 11.8 Å². The molecule has 0 atom stereocenters. The average molecular weight is 496 g/mol. The van der Waals surface area contributed by atoms with Gasteiger partial charge in [-0.15, -0.1) is 0 Å². The lowest BCUT2D eigenvalue weighted by atomic mass is 10.2. The molecule has 0 aliphatic carbocycles. The number of furan rings is 1. The van der Waals surface area contributed by atoms with Gasteiger partial charge in [0.2, 0.25) is 0 Å². The van der Waals surface area contributed by atoms with Crippen molar-refractivity contribution in [2.45, 2.75) is 11.4 Å². The smallest absolute Gasteiger partial charge is 0.278 e. The summed E-state index contributed by atoms with van der Waals surface area (Å²) in [5.41, 5.74) is 2.09. The Morgan fingerprint density at radius 3 is 2.14 bits per heavy atom. The third kappa shape index (κ3) is 5.08. The molecule has 3 amide bonds. The van der Waals surface area contributed by atoms with Crippen molar-refractivity contribution in [1.29, 1.82) is 0 Å². The quantitative estimate of drug-likeness (QED) is 0.313. The molecule has 36 heavy (non-hydrogen) atoms. The summed E-state index contributed by atoms with van der Waals surface area (Å²) in [6, 6.07) is 28.7. The van der Waals surface area contributed by atoms with Crippen LogP contribution in [0.2, 0.25) is 0 Å². The lowest BCUT2D eigenvalue weighted by Gasteiger charge is -2.13. The van der Waals surface area contributed by atoms with E-state index in [1.54, 1.807) is 60.7 Å². The van der Waals surface area contributed by atoms with Gasteiger partial charge in [-0.2, -0.15) is 0 Å². The van der Waals surface area contributed by atoms with E-state index in [9.17, 15) is 14.4 Å². The van der Waals surface area contributed by atoms with Gasteiger partial charge in [0.1, 0.15) is 16.4 Å². The van der Waals surface area contributed by atoms with Gasteiger partial charge in [0, 0.05) is 21.8 Å². The summed E-state index contributed by atoms with van der Waals surface area (Å²) in [7, 11) is 0. The third-order valence-corrected chi connectivity index (χ3v) is 6.52. The summed E-state index contributed by atoms with van der Waals surface area (Å²) in [5.74, 6) is -0.519. The molecular weight excluding hydrogens is 474 g/mol. The zero-order valence-electron chi connectivity index (χ0n) is 19.0. The minimum Gasteiger partial charge on any atom is -0.467 e. The van der Waals surface area contributed by atoms with Crippen LogP contribution < -0.4 is 10.6 Å². The fraction of sp³-hybridized carbons (Fsp3) is 0.0357. The van der Waals surface area contributed by atoms with Crippen LogP contribution >= 0.6 is 11.8 Å². The largest absolute Gasteiger partial charge is 0.467 e. The molecule has 5 rings (SSSR count). The standard InChI is InChI=1S/C28H21N3O4S/c32-26(19-8-3-1-4-9-19)30-21-13-15-23(16-14-21)36-25-24(29-20-10-5-2-6-11-20)27(33)31(28(25)34)18-22-12-7-17-35-22/h1-17,29H,18H2,(H,30,32). The first-order valence-corrected chi connectivity index (χ1v) is 12.0. The molecule has 0 fully saturated rings. The summed E-state index contributed by atoms with van der Waals surface area (Å²) >= 11 is 1.19. The fourth-order valence-electron chi connectivity index (χ4n) is 3.64. The van der Waals surface area contributed by atoms with Crippen molar-refractivity contribution in [3.8, 4) is 0 Å². The normalized spacial score (nSPS) is 13.3. The average Bonchev–Trinajstić information content (AvgIpc) is 3.50. The van der Waals surface area contributed by atoms with Gasteiger partial charge in [0.15, 0.2) is 0 Å². The van der Waals surface area contributed by atoms with Crippen LogP contribution in [0, 0.1) is 0 Å². The van der Waals surface area contributed by atoms with Gasteiger partial charge in [0.05, 0.1) is 12.8 Å². The van der Waals surface area contributed by atoms with E-state index in [-0.39, 0.29) is 23.1 Å². The van der Waals surface area contributed by atoms with Crippen LogP contribution in [0.15, 0.2) is 123 Å². The number of carbonyl (C=O) groups is 3. The zero-order chi connectivity index (χ0) is 24.9. The molecular formula is C28H21N3O4S. The van der Waals surface area contributed by atoms with E-state index in [2.05, 4.69) is 10.6 Å². The topological polar surface area (TPSA) is 91.7 Å². The number of carbonyl (C=O) groups excluding carboxylic acids is 3. The van der Waals surface area contributed by atoms with Crippen molar-refractivity contribution in [3.05, 3.63) is 125 Å². The molecule has 0 spiro atoms. The van der Waals surface area contributed by atoms with Crippen LogP contribution in [0.5, 0.6) is 0 Å². The van der Waals surface area contributed by atoms with E-state index in [0.717, 1.165) is 4.90 Å². The summed E-state index contributed by atoms with van der Waals surface area (Å²) < 4.78 is 5.35. The highest BCUT2D eigenvalue weighted by atomic mass is 32.2. The number of para-hydroxylation sites is 1. The first-order valence-electron chi connectivity index (χ1n) is 11.2. The Labute approximate surface area is 211 Å². The van der Waals surface area contributed by atoms with Crippen molar-refractivity contribution in [2.75, 3.05) is 10.6 Å². The number of imide groups is 1. The summed E-state index contributed by atoms with van der Waals surface area (Å²) in [6.45, 7) is 0.0408. The fourth-order valence-corrected chi connectivity index (χ4v) is 4.59. The zero-order valence-corrected chi connectivity index (χ0v) is 19.8. The Morgan fingerprint density at radius 2 is 1.47 bits per heavy atom. The molecule has 2 N–H and O–H groups in total. The van der Waals surface area contributed by atoms with Gasteiger partial charge in [-0.05, 0) is 60.7 Å². The maximum atomic E-state index is 13.3. The minimum absolute atomic E-state index is 0.0408. The predicted molar refractivity (Wildman–Crippen MR) is 138 cm³/mol. The number of thioether (sulfide) groups is 1. The molecule has 178 valence electrons. The van der Waals surface area contributed by atoms with E-state index >= 15 is 0 Å². The van der Waals surface area contributed by atoms with E-state index in [4.69, 9.17) is 4.42 Å². The highest BCUT2D eigenvalue weighted by Crippen LogP contribution is 2.37. The molecule has 0 unspecified atom stereocenters. The Bertz CT molecular complexity index is 1420. The summed E-state index contributed by atoms with van der Waals surface area (Å²) in [5, 5.41) is 5.97. The second-order valence-electron chi connectivity index (χ2n) is 7.92. The Morgan fingerprint density at radius 1 is 0.778 bits per heavy atom. The molecule has 2 heterocycles. The third-order valence-electron chi connectivity index (χ3n) is 5.43. The highest BCUT2D eigenvalue weighted by Gasteiger charge is 2.39. The number of hydrogen-bond donors (Lipinski definition) is 2. The SMILES string of the molecule is O=C(Nc1ccc(SC2=C(Nc3ccccc3)C(=O)N(Cc3ccco3)C2=O)cc1)c1ccccc1. The van der Waals surface area contributed by atoms with Crippen molar-refractivity contribution in [3.63, 3.8) is 0 Å². The lowest BCUT2D eigenvalue weighted by molar-refractivity contribution is -0.138. The Kier molecular flexibility index (Phi) is 6.68. The summed E-state index contributed by atoms with van der Waals surface area (Å²) in [4.78, 5) is 41.2. The predicted octanol–water partition coefficient (Wildman–Crippen LogP) is 5.52. The molecule has 4 aromatic rings. The van der Waals surface area contributed by atoms with Crippen molar-refractivity contribution < 1.29 is 18.8 Å². The molecule has 1 aliphatic heterocycles. The monoisotopic (exact) mass is 495 g/mol. The molecule has 7 nitrogen and oxygen atoms in total. The molecule has 0 radical (unpaired) electrons. The Balaban J connectivity index is 1.37. The number of nitrogens with one attached hydrogen (secondary N) is 2. The first kappa shape index (κ1) is 23.2. The number of amides is 3. The second kappa shape index (κ2) is 10.4. The van der Waals surface area contributed by atoms with Crippen LogP contribution in [0.3, 0.4) is 0 Å². The van der Waals surface area contributed by atoms with Gasteiger partial charge in [-0.1, -0.05) is 48.2 Å². The van der Waals surface area contributed by atoms with Crippen molar-refractivity contribution in [1.82, 2.24) is 4.90 Å². The van der Waals surface area contributed by atoms with Crippen LogP contribution in [-0.2, 0) is 16.1 Å². The number of rotatable bonds is 8. The van der Waals surface area contributed by atoms with Gasteiger partial charge in [-0.3, -0.25) is 19.3 Å². The number of nitrogens with zero attached hydrogens (tertiary/aromatic N) is 1. The number of anilines is 2. The van der Waals surface area contributed by atoms with Gasteiger partial charge in [0.25, 0.3) is 17.7 Å². The summed E-state index contributed by atoms with van der Waals surface area (Å²) in [6.07, 6.45) is 1.50. The molecule has 1 aliphatic rings.